The van der Waals surface area contributed by atoms with Gasteiger partial charge in [-0.3, -0.25) is 0 Å². The number of alkyl halides is 3. The molecule has 5 nitrogen and oxygen atoms in total. The van der Waals surface area contributed by atoms with Gasteiger partial charge in [0.2, 0.25) is 0 Å². The number of hydrogen-bond acceptors (Lipinski definition) is 4. The molecule has 0 aliphatic carbocycles. The first-order chi connectivity index (χ1) is 7.47. The third-order valence-electron chi connectivity index (χ3n) is 1.22. The third kappa shape index (κ3) is 5.29. The van der Waals surface area contributed by atoms with Gasteiger partial charge in [-0.15, -0.1) is 11.3 Å². The van der Waals surface area contributed by atoms with Crippen molar-refractivity contribution in [2.45, 2.75) is 6.18 Å². The molecule has 0 saturated carbocycles. The van der Waals surface area contributed by atoms with Crippen molar-refractivity contribution in [3.8, 4) is 0 Å². The standard InChI is InChI=1S/C7H6F3N4OS/c8-7(9,10)3-11-6(15)14-13-1-5-2-16-4-12-5/h1-2H,3H2,(H2,11,14,15). The van der Waals surface area contributed by atoms with E-state index < -0.39 is 18.8 Å². The highest BCUT2D eigenvalue weighted by Gasteiger charge is 2.27. The van der Waals surface area contributed by atoms with Gasteiger partial charge in [-0.25, -0.2) is 15.2 Å². The molecule has 0 fully saturated rings. The molecule has 1 radical (unpaired) electrons. The molecule has 2 N–H and O–H groups in total. The Kier molecular flexibility index (Phi) is 4.23. The van der Waals surface area contributed by atoms with Crippen LogP contribution in [0.3, 0.4) is 0 Å². The Morgan fingerprint density at radius 1 is 1.69 bits per heavy atom. The van der Waals surface area contributed by atoms with E-state index in [1.165, 1.54) is 17.6 Å². The van der Waals surface area contributed by atoms with E-state index in [1.54, 1.807) is 10.7 Å². The van der Waals surface area contributed by atoms with Gasteiger partial charge >= 0.3 is 12.2 Å². The van der Waals surface area contributed by atoms with Gasteiger partial charge in [0, 0.05) is 5.38 Å². The van der Waals surface area contributed by atoms with Crippen molar-refractivity contribution in [1.29, 1.82) is 0 Å². The highest BCUT2D eigenvalue weighted by Crippen LogP contribution is 2.11. The first kappa shape index (κ1) is 12.4. The molecule has 1 heterocycles. The monoisotopic (exact) mass is 251 g/mol. The molecule has 0 unspecified atom stereocenters. The number of carbonyl (C=O) groups is 1. The number of nitrogens with one attached hydrogen (secondary N) is 2. The second-order valence-electron chi connectivity index (χ2n) is 2.53. The molecule has 1 aromatic heterocycles. The Bertz CT molecular complexity index is 362. The predicted molar refractivity (Wildman–Crippen MR) is 51.1 cm³/mol. The van der Waals surface area contributed by atoms with E-state index in [4.69, 9.17) is 0 Å². The Hall–Kier alpha value is -1.64. The fraction of sp³-hybridized carbons (Fsp3) is 0.286. The number of carbonyl (C=O) groups excluding carboxylic acids is 1. The Labute approximate surface area is 92.4 Å². The van der Waals surface area contributed by atoms with Crippen LogP contribution in [-0.4, -0.2) is 30.0 Å². The van der Waals surface area contributed by atoms with E-state index in [0.29, 0.717) is 5.69 Å². The minimum absolute atomic E-state index is 0.459. The number of hydrazone groups is 1. The van der Waals surface area contributed by atoms with Crippen molar-refractivity contribution >= 4 is 23.6 Å². The average Bonchev–Trinajstić information content (AvgIpc) is 2.66. The summed E-state index contributed by atoms with van der Waals surface area (Å²) >= 11 is 1.21. The summed E-state index contributed by atoms with van der Waals surface area (Å²) in [6.07, 6.45) is -3.24. The van der Waals surface area contributed by atoms with Crippen LogP contribution in [-0.2, 0) is 0 Å². The molecule has 1 aromatic rings. The first-order valence-corrected chi connectivity index (χ1v) is 4.80. The van der Waals surface area contributed by atoms with Crippen LogP contribution in [0.4, 0.5) is 18.0 Å². The summed E-state index contributed by atoms with van der Waals surface area (Å²) < 4.78 is 35.0. The molecular formula is C7H6F3N4OS. The predicted octanol–water partition coefficient (Wildman–Crippen LogP) is 1.14. The van der Waals surface area contributed by atoms with Gasteiger partial charge in [-0.1, -0.05) is 0 Å². The Morgan fingerprint density at radius 3 is 3.00 bits per heavy atom. The molecule has 0 bridgehead atoms. The summed E-state index contributed by atoms with van der Waals surface area (Å²) in [5, 5.41) is 6.58. The number of amides is 2. The van der Waals surface area contributed by atoms with E-state index in [2.05, 4.69) is 15.6 Å². The second kappa shape index (κ2) is 5.45. The molecule has 87 valence electrons. The van der Waals surface area contributed by atoms with Crippen molar-refractivity contribution in [3.05, 3.63) is 16.6 Å². The number of aromatic nitrogens is 1. The summed E-state index contributed by atoms with van der Waals surface area (Å²) in [6, 6.07) is -1.03. The summed E-state index contributed by atoms with van der Waals surface area (Å²) in [7, 11) is 0. The lowest BCUT2D eigenvalue weighted by molar-refractivity contribution is -0.122. The number of thiazole rings is 1. The molecule has 0 aliphatic heterocycles. The quantitative estimate of drug-likeness (QED) is 0.625. The topological polar surface area (TPSA) is 66.4 Å². The molecule has 0 spiro atoms. The van der Waals surface area contributed by atoms with Crippen molar-refractivity contribution in [1.82, 2.24) is 15.7 Å². The van der Waals surface area contributed by atoms with Crippen LogP contribution in [0.1, 0.15) is 5.69 Å². The van der Waals surface area contributed by atoms with Crippen LogP contribution >= 0.6 is 11.3 Å². The molecule has 0 saturated heterocycles. The van der Waals surface area contributed by atoms with Crippen LogP contribution in [0.25, 0.3) is 0 Å². The van der Waals surface area contributed by atoms with Crippen LogP contribution in [0.5, 0.6) is 0 Å². The first-order valence-electron chi connectivity index (χ1n) is 3.92. The number of halogens is 3. The fourth-order valence-corrected chi connectivity index (χ4v) is 1.07. The molecular weight excluding hydrogens is 245 g/mol. The van der Waals surface area contributed by atoms with Gasteiger partial charge in [0.05, 0.1) is 11.9 Å². The maximum Gasteiger partial charge on any atom is 0.405 e. The third-order valence-corrected chi connectivity index (χ3v) is 1.78. The molecule has 1 rings (SSSR count). The van der Waals surface area contributed by atoms with Gasteiger partial charge in [-0.05, 0) is 0 Å². The maximum atomic E-state index is 11.7. The molecule has 2 amide bonds. The zero-order valence-electron chi connectivity index (χ0n) is 7.71. The lowest BCUT2D eigenvalue weighted by atomic mass is 10.6. The maximum absolute atomic E-state index is 11.7. The van der Waals surface area contributed by atoms with E-state index in [0.717, 1.165) is 0 Å². The highest BCUT2D eigenvalue weighted by molar-refractivity contribution is 7.07. The van der Waals surface area contributed by atoms with Crippen molar-refractivity contribution in [2.75, 3.05) is 6.54 Å². The average molecular weight is 251 g/mol. The van der Waals surface area contributed by atoms with Gasteiger partial charge in [0.25, 0.3) is 0 Å². The van der Waals surface area contributed by atoms with E-state index in [-0.39, 0.29) is 0 Å². The summed E-state index contributed by atoms with van der Waals surface area (Å²) in [5.41, 5.74) is 4.86. The van der Waals surface area contributed by atoms with Gasteiger partial charge in [0.1, 0.15) is 6.54 Å². The zero-order valence-corrected chi connectivity index (χ0v) is 8.52. The minimum Gasteiger partial charge on any atom is -0.328 e. The fourth-order valence-electron chi connectivity index (χ4n) is 0.628. The van der Waals surface area contributed by atoms with E-state index in [9.17, 15) is 18.0 Å². The van der Waals surface area contributed by atoms with Crippen molar-refractivity contribution < 1.29 is 18.0 Å². The number of rotatable bonds is 3. The summed E-state index contributed by atoms with van der Waals surface area (Å²) in [6.45, 7) is -1.40. The van der Waals surface area contributed by atoms with Crippen LogP contribution in [0, 0.1) is 5.51 Å². The second-order valence-corrected chi connectivity index (χ2v) is 3.19. The molecule has 0 atom stereocenters. The Balaban J connectivity index is 2.25. The van der Waals surface area contributed by atoms with Gasteiger partial charge in [0.15, 0.2) is 5.51 Å². The van der Waals surface area contributed by atoms with Gasteiger partial charge in [-0.2, -0.15) is 18.3 Å². The van der Waals surface area contributed by atoms with Crippen molar-refractivity contribution in [2.24, 2.45) is 5.10 Å². The largest absolute Gasteiger partial charge is 0.405 e. The number of urea groups is 1. The Morgan fingerprint density at radius 2 is 2.44 bits per heavy atom. The smallest absolute Gasteiger partial charge is 0.328 e. The molecule has 16 heavy (non-hydrogen) atoms. The van der Waals surface area contributed by atoms with Crippen LogP contribution < -0.4 is 10.7 Å². The lowest BCUT2D eigenvalue weighted by Gasteiger charge is -2.06. The molecule has 9 heteroatoms. The molecule has 0 aromatic carbocycles. The molecule has 0 aliphatic rings. The highest BCUT2D eigenvalue weighted by atomic mass is 32.1. The van der Waals surface area contributed by atoms with Gasteiger partial charge < -0.3 is 5.32 Å². The number of nitrogens with zero attached hydrogens (tertiary/aromatic N) is 2. The summed E-state index contributed by atoms with van der Waals surface area (Å²) in [4.78, 5) is 14.4. The number of hydrogen-bond donors (Lipinski definition) is 2. The van der Waals surface area contributed by atoms with E-state index in [1.807, 2.05) is 5.43 Å². The lowest BCUT2D eigenvalue weighted by Crippen LogP contribution is -2.38. The van der Waals surface area contributed by atoms with Crippen LogP contribution in [0.15, 0.2) is 10.5 Å². The minimum atomic E-state index is -4.44. The normalized spacial score (nSPS) is 11.7. The van der Waals surface area contributed by atoms with Crippen molar-refractivity contribution in [3.63, 3.8) is 0 Å². The van der Waals surface area contributed by atoms with Crippen LogP contribution in [0.2, 0.25) is 0 Å². The van der Waals surface area contributed by atoms with E-state index >= 15 is 0 Å². The SMILES string of the molecule is O=C(NCC(F)(F)F)NN=Cc1cs[c]n1. The zero-order chi connectivity index (χ0) is 12.0. The summed E-state index contributed by atoms with van der Waals surface area (Å²) in [5.74, 6) is 0.